The van der Waals surface area contributed by atoms with E-state index in [1.807, 2.05) is 51.1 Å². The Morgan fingerprint density at radius 1 is 0.769 bits per heavy atom. The maximum absolute atomic E-state index is 13.4. The van der Waals surface area contributed by atoms with Crippen molar-refractivity contribution >= 4 is 29.8 Å². The van der Waals surface area contributed by atoms with Crippen LogP contribution in [0.1, 0.15) is 126 Å². The Balaban J connectivity index is 1.96. The molecule has 0 aliphatic heterocycles. The van der Waals surface area contributed by atoms with E-state index >= 15 is 0 Å². The molecule has 0 spiro atoms. The number of benzene rings is 1. The summed E-state index contributed by atoms with van der Waals surface area (Å²) in [6.45, 7) is 17.6. The highest BCUT2D eigenvalue weighted by Crippen LogP contribution is 2.28. The largest absolute Gasteiger partial charge is 0.460 e. The molecule has 6 N–H and O–H groups in total. The van der Waals surface area contributed by atoms with Gasteiger partial charge >= 0.3 is 18.0 Å². The summed E-state index contributed by atoms with van der Waals surface area (Å²) in [6.07, 6.45) is 5.75. The lowest BCUT2D eigenvalue weighted by molar-refractivity contribution is -0.158. The van der Waals surface area contributed by atoms with Gasteiger partial charge in [-0.25, -0.2) is 9.59 Å². The van der Waals surface area contributed by atoms with E-state index in [-0.39, 0.29) is 42.0 Å². The van der Waals surface area contributed by atoms with Gasteiger partial charge in [0.15, 0.2) is 0 Å². The van der Waals surface area contributed by atoms with Crippen LogP contribution in [0, 0.1) is 17.3 Å². The SMILES string of the molecule is CC(C)(C)OC(=O)CC[C@H](NC(=O)N[C@@H](CCCCNC(=O)[C@H](Cc1ccccc1)NC(=O)[C@H]1CC[C@H](CN)CC1)C(C)(C)C)C(=O)OC(C)(C)C. The van der Waals surface area contributed by atoms with E-state index in [0.717, 1.165) is 31.2 Å². The van der Waals surface area contributed by atoms with Crippen molar-refractivity contribution in [2.24, 2.45) is 23.0 Å². The van der Waals surface area contributed by atoms with Crippen LogP contribution in [0.5, 0.6) is 0 Å². The number of urea groups is 1. The Labute approximate surface area is 311 Å². The van der Waals surface area contributed by atoms with E-state index in [9.17, 15) is 24.0 Å². The molecule has 1 aromatic rings. The minimum Gasteiger partial charge on any atom is -0.460 e. The minimum atomic E-state index is -1.05. The summed E-state index contributed by atoms with van der Waals surface area (Å²) in [7, 11) is 0. The predicted octanol–water partition coefficient (Wildman–Crippen LogP) is 5.31. The number of rotatable bonds is 17. The van der Waals surface area contributed by atoms with E-state index in [0.29, 0.717) is 44.7 Å². The van der Waals surface area contributed by atoms with Gasteiger partial charge in [0.25, 0.3) is 0 Å². The molecule has 4 amide bonds. The van der Waals surface area contributed by atoms with Crippen LogP contribution in [0.4, 0.5) is 4.79 Å². The molecule has 0 bridgehead atoms. The van der Waals surface area contributed by atoms with Gasteiger partial charge in [0.2, 0.25) is 11.8 Å². The molecule has 1 aliphatic rings. The summed E-state index contributed by atoms with van der Waals surface area (Å²) in [6, 6.07) is 7.12. The number of hydrogen-bond acceptors (Lipinski definition) is 8. The van der Waals surface area contributed by atoms with E-state index < -0.39 is 41.3 Å². The van der Waals surface area contributed by atoms with Crippen LogP contribution in [0.3, 0.4) is 0 Å². The topological polar surface area (TPSA) is 178 Å². The molecular weight excluding hydrogens is 662 g/mol. The van der Waals surface area contributed by atoms with Crippen molar-refractivity contribution in [1.29, 1.82) is 0 Å². The zero-order valence-electron chi connectivity index (χ0n) is 33.2. The molecule has 0 aromatic heterocycles. The number of nitrogens with one attached hydrogen (secondary N) is 4. The molecule has 1 aliphatic carbocycles. The van der Waals surface area contributed by atoms with Gasteiger partial charge in [-0.05, 0) is 116 Å². The zero-order chi connectivity index (χ0) is 39.1. The van der Waals surface area contributed by atoms with Gasteiger partial charge in [-0.15, -0.1) is 0 Å². The second-order valence-electron chi connectivity index (χ2n) is 17.2. The number of amides is 4. The highest BCUT2D eigenvalue weighted by atomic mass is 16.6. The Morgan fingerprint density at radius 2 is 1.38 bits per heavy atom. The van der Waals surface area contributed by atoms with Gasteiger partial charge < -0.3 is 36.5 Å². The van der Waals surface area contributed by atoms with E-state index in [4.69, 9.17) is 15.2 Å². The summed E-state index contributed by atoms with van der Waals surface area (Å²) in [5.41, 5.74) is 5.03. The highest BCUT2D eigenvalue weighted by molar-refractivity contribution is 5.89. The molecule has 12 nitrogen and oxygen atoms in total. The smallest absolute Gasteiger partial charge is 0.329 e. The summed E-state index contributed by atoms with van der Waals surface area (Å²) >= 11 is 0. The van der Waals surface area contributed by atoms with Crippen molar-refractivity contribution in [2.75, 3.05) is 13.1 Å². The molecule has 294 valence electrons. The monoisotopic (exact) mass is 730 g/mol. The molecule has 1 saturated carbocycles. The second kappa shape index (κ2) is 20.5. The van der Waals surface area contributed by atoms with Crippen LogP contribution in [-0.2, 0) is 35.1 Å². The van der Waals surface area contributed by atoms with Gasteiger partial charge in [-0.2, -0.15) is 0 Å². The lowest BCUT2D eigenvalue weighted by Gasteiger charge is -2.32. The lowest BCUT2D eigenvalue weighted by atomic mass is 9.81. The molecule has 1 aromatic carbocycles. The lowest BCUT2D eigenvalue weighted by Crippen LogP contribution is -2.53. The Morgan fingerprint density at radius 3 is 1.94 bits per heavy atom. The standard InChI is InChI=1S/C40H67N5O7/c1-38(2,3)32(45-37(50)44-30(36(49)52-40(7,8)9)22-23-33(46)51-39(4,5)6)17-13-14-24-42-35(48)31(25-27-15-11-10-12-16-27)43-34(47)29-20-18-28(26-41)19-21-29/h10-12,15-16,28-32H,13-14,17-26,41H2,1-9H3,(H,42,48)(H,43,47)(H2,44,45,50)/t28-,29-,30-,31-,32-/m0/s1. The Bertz CT molecular complexity index is 1290. The first-order valence-corrected chi connectivity index (χ1v) is 19.0. The summed E-state index contributed by atoms with van der Waals surface area (Å²) in [5, 5.41) is 11.8. The van der Waals surface area contributed by atoms with E-state index in [1.165, 1.54) is 0 Å². The van der Waals surface area contributed by atoms with Gasteiger partial charge in [0.1, 0.15) is 23.3 Å². The van der Waals surface area contributed by atoms with Gasteiger partial charge in [-0.3, -0.25) is 14.4 Å². The molecule has 0 unspecified atom stereocenters. The van der Waals surface area contributed by atoms with Crippen molar-refractivity contribution < 1.29 is 33.4 Å². The van der Waals surface area contributed by atoms with Crippen LogP contribution in [-0.4, -0.2) is 72.2 Å². The van der Waals surface area contributed by atoms with Crippen LogP contribution in [0.2, 0.25) is 0 Å². The number of unbranched alkanes of at least 4 members (excludes halogenated alkanes) is 1. The fourth-order valence-electron chi connectivity index (χ4n) is 6.17. The third-order valence-electron chi connectivity index (χ3n) is 9.09. The first kappa shape index (κ1) is 44.5. The summed E-state index contributed by atoms with van der Waals surface area (Å²) < 4.78 is 10.9. The molecule has 0 saturated heterocycles. The number of hydrogen-bond donors (Lipinski definition) is 5. The van der Waals surface area contributed by atoms with E-state index in [1.54, 1.807) is 41.5 Å². The Kier molecular flexibility index (Phi) is 17.6. The molecule has 0 heterocycles. The van der Waals surface area contributed by atoms with Crippen molar-refractivity contribution in [2.45, 2.75) is 156 Å². The molecule has 52 heavy (non-hydrogen) atoms. The third kappa shape index (κ3) is 17.7. The Hall–Kier alpha value is -3.67. The van der Waals surface area contributed by atoms with Crippen LogP contribution < -0.4 is 27.0 Å². The predicted molar refractivity (Wildman–Crippen MR) is 203 cm³/mol. The van der Waals surface area contributed by atoms with Crippen molar-refractivity contribution in [1.82, 2.24) is 21.3 Å². The fraction of sp³-hybridized carbons (Fsp3) is 0.725. The quantitative estimate of drug-likeness (QED) is 0.106. The number of carbonyl (C=O) groups excluding carboxylic acids is 5. The summed E-state index contributed by atoms with van der Waals surface area (Å²) in [4.78, 5) is 65.2. The number of nitrogens with two attached hydrogens (primary N) is 1. The number of carbonyl (C=O) groups is 5. The molecule has 0 radical (unpaired) electrons. The molecule has 2 rings (SSSR count). The molecule has 1 fully saturated rings. The van der Waals surface area contributed by atoms with Crippen molar-refractivity contribution in [3.05, 3.63) is 35.9 Å². The fourth-order valence-corrected chi connectivity index (χ4v) is 6.17. The molecular formula is C40H67N5O7. The average Bonchev–Trinajstić information content (AvgIpc) is 3.03. The van der Waals surface area contributed by atoms with Gasteiger partial charge in [-0.1, -0.05) is 51.1 Å². The van der Waals surface area contributed by atoms with Crippen LogP contribution in [0.25, 0.3) is 0 Å². The normalized spacial score (nSPS) is 18.3. The number of esters is 2. The second-order valence-corrected chi connectivity index (χ2v) is 17.2. The van der Waals surface area contributed by atoms with Crippen LogP contribution >= 0.6 is 0 Å². The number of ether oxygens (including phenoxy) is 2. The van der Waals surface area contributed by atoms with Crippen molar-refractivity contribution in [3.8, 4) is 0 Å². The maximum Gasteiger partial charge on any atom is 0.329 e. The summed E-state index contributed by atoms with van der Waals surface area (Å²) in [5.74, 6) is -1.06. The highest BCUT2D eigenvalue weighted by Gasteiger charge is 2.32. The van der Waals surface area contributed by atoms with Gasteiger partial charge in [0, 0.05) is 31.3 Å². The minimum absolute atomic E-state index is 0.0260. The van der Waals surface area contributed by atoms with E-state index in [2.05, 4.69) is 21.3 Å². The first-order valence-electron chi connectivity index (χ1n) is 19.0. The van der Waals surface area contributed by atoms with Crippen molar-refractivity contribution in [3.63, 3.8) is 0 Å². The zero-order valence-corrected chi connectivity index (χ0v) is 33.2. The average molecular weight is 730 g/mol. The first-order chi connectivity index (χ1) is 24.2. The molecule has 12 heteroatoms. The molecule has 3 atom stereocenters. The maximum atomic E-state index is 13.4. The van der Waals surface area contributed by atoms with Crippen LogP contribution in [0.15, 0.2) is 30.3 Å². The third-order valence-corrected chi connectivity index (χ3v) is 9.09. The van der Waals surface area contributed by atoms with Gasteiger partial charge in [0.05, 0.1) is 0 Å².